The lowest BCUT2D eigenvalue weighted by Gasteiger charge is -2.04. The number of hydrogen-bond acceptors (Lipinski definition) is 3. The molecule has 0 bridgehead atoms. The zero-order chi connectivity index (χ0) is 6.57. The fourth-order valence-electron chi connectivity index (χ4n) is 0.181. The largest absolute Gasteiger partial charge is 0.395 e. The predicted octanol–water partition coefficient (Wildman–Crippen LogP) is -0.373. The van der Waals surface area contributed by atoms with Crippen molar-refractivity contribution in [3.63, 3.8) is 0 Å². The van der Waals surface area contributed by atoms with Crippen LogP contribution in [0.25, 0.3) is 0 Å². The van der Waals surface area contributed by atoms with Crippen LogP contribution in [-0.2, 0) is 0 Å². The van der Waals surface area contributed by atoms with Gasteiger partial charge in [0.25, 0.3) is 0 Å². The standard InChI is InChI=1S/C4H6BrNO2/c5-3(2-7)4(8)1-6/h3-4,7-8H,2H2/t3-,4-/m0/s1. The molecule has 0 rings (SSSR count). The summed E-state index contributed by atoms with van der Waals surface area (Å²) in [5.41, 5.74) is 0. The number of aliphatic hydroxyl groups excluding tert-OH is 2. The monoisotopic (exact) mass is 179 g/mol. The molecule has 3 nitrogen and oxygen atoms in total. The van der Waals surface area contributed by atoms with E-state index in [-0.39, 0.29) is 6.61 Å². The summed E-state index contributed by atoms with van der Waals surface area (Å²) in [6.45, 7) is -0.227. The van der Waals surface area contributed by atoms with E-state index >= 15 is 0 Å². The Morgan fingerprint density at radius 3 is 2.38 bits per heavy atom. The Labute approximate surface area is 55.7 Å². The smallest absolute Gasteiger partial charge is 0.155 e. The molecule has 0 aliphatic carbocycles. The third kappa shape index (κ3) is 2.26. The van der Waals surface area contributed by atoms with Gasteiger partial charge in [0.15, 0.2) is 6.10 Å². The van der Waals surface area contributed by atoms with E-state index in [1.54, 1.807) is 6.07 Å². The van der Waals surface area contributed by atoms with E-state index in [0.29, 0.717) is 0 Å². The molecule has 0 aliphatic heterocycles. The van der Waals surface area contributed by atoms with E-state index < -0.39 is 10.9 Å². The maximum Gasteiger partial charge on any atom is 0.155 e. The molecule has 0 heterocycles. The average molecular weight is 180 g/mol. The van der Waals surface area contributed by atoms with Gasteiger partial charge in [-0.05, 0) is 0 Å². The predicted molar refractivity (Wildman–Crippen MR) is 31.4 cm³/mol. The molecule has 46 valence electrons. The molecule has 0 saturated heterocycles. The highest BCUT2D eigenvalue weighted by Crippen LogP contribution is 2.02. The topological polar surface area (TPSA) is 64.2 Å². The van der Waals surface area contributed by atoms with Crippen LogP contribution in [0.15, 0.2) is 0 Å². The van der Waals surface area contributed by atoms with Gasteiger partial charge in [-0.15, -0.1) is 0 Å². The number of alkyl halides is 1. The maximum absolute atomic E-state index is 8.56. The fourth-order valence-corrected chi connectivity index (χ4v) is 0.299. The van der Waals surface area contributed by atoms with Gasteiger partial charge in [0, 0.05) is 0 Å². The first kappa shape index (κ1) is 7.89. The molecular weight excluding hydrogens is 174 g/mol. The van der Waals surface area contributed by atoms with Crippen LogP contribution in [0.4, 0.5) is 0 Å². The van der Waals surface area contributed by atoms with Gasteiger partial charge in [0.05, 0.1) is 17.5 Å². The van der Waals surface area contributed by atoms with Crippen LogP contribution in [0.1, 0.15) is 0 Å². The van der Waals surface area contributed by atoms with E-state index in [2.05, 4.69) is 15.9 Å². The minimum Gasteiger partial charge on any atom is -0.395 e. The van der Waals surface area contributed by atoms with Crippen molar-refractivity contribution < 1.29 is 10.2 Å². The van der Waals surface area contributed by atoms with Crippen LogP contribution in [-0.4, -0.2) is 27.8 Å². The van der Waals surface area contributed by atoms with Crippen LogP contribution >= 0.6 is 15.9 Å². The Hall–Kier alpha value is -0.110. The molecule has 8 heavy (non-hydrogen) atoms. The number of nitriles is 1. The van der Waals surface area contributed by atoms with Gasteiger partial charge in [-0.2, -0.15) is 5.26 Å². The fraction of sp³-hybridized carbons (Fsp3) is 0.750. The van der Waals surface area contributed by atoms with Gasteiger partial charge in [-0.25, -0.2) is 0 Å². The van der Waals surface area contributed by atoms with Gasteiger partial charge in [0.1, 0.15) is 0 Å². The first-order valence-corrected chi connectivity index (χ1v) is 2.96. The number of halogens is 1. The average Bonchev–Trinajstić information content (AvgIpc) is 1.84. The highest BCUT2D eigenvalue weighted by molar-refractivity contribution is 9.09. The number of rotatable bonds is 2. The third-order valence-corrected chi connectivity index (χ3v) is 1.44. The summed E-state index contributed by atoms with van der Waals surface area (Å²) in [5.74, 6) is 0. The summed E-state index contributed by atoms with van der Waals surface area (Å²) in [4.78, 5) is -0.521. The third-order valence-electron chi connectivity index (χ3n) is 0.649. The number of hydrogen-bond donors (Lipinski definition) is 2. The first-order chi connectivity index (χ1) is 3.72. The van der Waals surface area contributed by atoms with Gasteiger partial charge >= 0.3 is 0 Å². The number of aliphatic hydroxyl groups is 2. The van der Waals surface area contributed by atoms with Crippen LogP contribution in [0, 0.1) is 11.3 Å². The van der Waals surface area contributed by atoms with E-state index in [1.165, 1.54) is 0 Å². The highest BCUT2D eigenvalue weighted by Gasteiger charge is 2.12. The lowest BCUT2D eigenvalue weighted by Crippen LogP contribution is -2.21. The van der Waals surface area contributed by atoms with E-state index in [0.717, 1.165) is 0 Å². The Kier molecular flexibility index (Phi) is 3.79. The quantitative estimate of drug-likeness (QED) is 0.450. The Morgan fingerprint density at radius 1 is 1.75 bits per heavy atom. The van der Waals surface area contributed by atoms with Crippen molar-refractivity contribution in [3.05, 3.63) is 0 Å². The van der Waals surface area contributed by atoms with Crippen molar-refractivity contribution >= 4 is 15.9 Å². The summed E-state index contributed by atoms with van der Waals surface area (Å²) in [5, 5.41) is 24.8. The highest BCUT2D eigenvalue weighted by atomic mass is 79.9. The zero-order valence-electron chi connectivity index (χ0n) is 4.08. The van der Waals surface area contributed by atoms with Crippen LogP contribution < -0.4 is 0 Å². The van der Waals surface area contributed by atoms with Crippen molar-refractivity contribution in [3.8, 4) is 6.07 Å². The van der Waals surface area contributed by atoms with E-state index in [4.69, 9.17) is 15.5 Å². The Balaban J connectivity index is 3.49. The molecular formula is C4H6BrNO2. The molecule has 0 unspecified atom stereocenters. The minimum atomic E-state index is -1.11. The van der Waals surface area contributed by atoms with Crippen molar-refractivity contribution in [2.75, 3.05) is 6.61 Å². The van der Waals surface area contributed by atoms with Gasteiger partial charge in [0.2, 0.25) is 0 Å². The normalized spacial score (nSPS) is 16.8. The van der Waals surface area contributed by atoms with Gasteiger partial charge < -0.3 is 10.2 Å². The second-order valence-corrected chi connectivity index (χ2v) is 2.45. The molecule has 2 atom stereocenters. The second kappa shape index (κ2) is 3.84. The first-order valence-electron chi connectivity index (χ1n) is 2.05. The minimum absolute atomic E-state index is 0.227. The summed E-state index contributed by atoms with van der Waals surface area (Å²) in [6, 6.07) is 1.56. The van der Waals surface area contributed by atoms with E-state index in [1.807, 2.05) is 0 Å². The summed E-state index contributed by atoms with van der Waals surface area (Å²) < 4.78 is 0. The van der Waals surface area contributed by atoms with Gasteiger partial charge in [-0.3, -0.25) is 0 Å². The summed E-state index contributed by atoms with van der Waals surface area (Å²) >= 11 is 2.88. The van der Waals surface area contributed by atoms with Crippen molar-refractivity contribution in [1.82, 2.24) is 0 Å². The van der Waals surface area contributed by atoms with Crippen LogP contribution in [0.2, 0.25) is 0 Å². The molecule has 0 aromatic rings. The lowest BCUT2D eigenvalue weighted by molar-refractivity contribution is 0.185. The van der Waals surface area contributed by atoms with Crippen molar-refractivity contribution in [2.45, 2.75) is 10.9 Å². The molecule has 0 saturated carbocycles. The molecule has 0 fully saturated rings. The van der Waals surface area contributed by atoms with Crippen molar-refractivity contribution in [2.24, 2.45) is 0 Å². The number of nitrogens with zero attached hydrogens (tertiary/aromatic N) is 1. The van der Waals surface area contributed by atoms with Crippen LogP contribution in [0.3, 0.4) is 0 Å². The SMILES string of the molecule is N#C[C@H](O)[C@@H](Br)CO. The van der Waals surface area contributed by atoms with Gasteiger partial charge in [-0.1, -0.05) is 15.9 Å². The summed E-state index contributed by atoms with van der Waals surface area (Å²) in [6.07, 6.45) is -1.11. The second-order valence-electron chi connectivity index (χ2n) is 1.27. The molecule has 0 radical (unpaired) electrons. The lowest BCUT2D eigenvalue weighted by atomic mass is 10.3. The Bertz CT molecular complexity index is 101. The molecule has 0 spiro atoms. The molecule has 0 aromatic carbocycles. The van der Waals surface area contributed by atoms with E-state index in [9.17, 15) is 0 Å². The van der Waals surface area contributed by atoms with Crippen LogP contribution in [0.5, 0.6) is 0 Å². The molecule has 0 aliphatic rings. The molecule has 4 heteroatoms. The molecule has 2 N–H and O–H groups in total. The van der Waals surface area contributed by atoms with Crippen molar-refractivity contribution in [1.29, 1.82) is 5.26 Å². The summed E-state index contributed by atoms with van der Waals surface area (Å²) in [7, 11) is 0. The zero-order valence-corrected chi connectivity index (χ0v) is 5.67. The molecule has 0 amide bonds. The molecule has 0 aromatic heterocycles. The maximum atomic E-state index is 8.56. The Morgan fingerprint density at radius 2 is 2.25 bits per heavy atom.